The maximum atomic E-state index is 14.8. The molecule has 0 bridgehead atoms. The van der Waals surface area contributed by atoms with Crippen LogP contribution >= 0.6 is 12.4 Å². The van der Waals surface area contributed by atoms with Crippen molar-refractivity contribution in [1.82, 2.24) is 9.80 Å². The Kier molecular flexibility index (Phi) is 17.8. The van der Waals surface area contributed by atoms with E-state index < -0.39 is 23.3 Å². The van der Waals surface area contributed by atoms with Crippen LogP contribution in [0.2, 0.25) is 0 Å². The molecule has 0 spiro atoms. The van der Waals surface area contributed by atoms with E-state index in [9.17, 15) is 22.7 Å². The van der Waals surface area contributed by atoms with Crippen LogP contribution in [0.5, 0.6) is 23.0 Å². The lowest BCUT2D eigenvalue weighted by atomic mass is 9.90. The quantitative estimate of drug-likeness (QED) is 0.103. The molecule has 72 heavy (non-hydrogen) atoms. The van der Waals surface area contributed by atoms with Crippen molar-refractivity contribution in [3.8, 4) is 45.3 Å². The standard InChI is InChI=1S/C31H31F2NO2.C30H29F2NO2.ClH/c1-35-26-11-13-27-23(20-26)7-12-28(30-21-24(32)8-14-31(30)33)29(27)19-22-5-9-25(10-6-22)36-18-17-34-15-3-2-4-16-34;31-23-7-13-30(32)29(20-23)27-11-6-22-19-24(34)8-12-26(22)28(27)18-21-4-9-25(10-5-21)35-17-16-33-14-2-1-3-15-33;/h5-14,20-21H,2-4,15-19H2,1H3;4-13,19-20,34H,1-3,14-18H2;1H. The maximum absolute atomic E-state index is 14.8. The zero-order valence-electron chi connectivity index (χ0n) is 40.7. The molecule has 0 aliphatic carbocycles. The van der Waals surface area contributed by atoms with Gasteiger partial charge in [-0.05, 0) is 205 Å². The van der Waals surface area contributed by atoms with Crippen molar-refractivity contribution in [3.63, 3.8) is 0 Å². The minimum atomic E-state index is -0.482. The van der Waals surface area contributed by atoms with Gasteiger partial charge in [-0.3, -0.25) is 9.80 Å². The molecule has 2 fully saturated rings. The van der Waals surface area contributed by atoms with Crippen LogP contribution in [-0.4, -0.2) is 74.5 Å². The van der Waals surface area contributed by atoms with Gasteiger partial charge in [0.1, 0.15) is 59.5 Å². The van der Waals surface area contributed by atoms with Gasteiger partial charge in [-0.1, -0.05) is 73.5 Å². The van der Waals surface area contributed by atoms with Crippen LogP contribution in [0.4, 0.5) is 17.6 Å². The van der Waals surface area contributed by atoms with E-state index in [1.165, 1.54) is 56.7 Å². The lowest BCUT2D eigenvalue weighted by Gasteiger charge is -2.26. The fraction of sp³-hybridized carbons (Fsp3) is 0.279. The molecule has 10 rings (SSSR count). The van der Waals surface area contributed by atoms with E-state index in [0.717, 1.165) is 119 Å². The van der Waals surface area contributed by atoms with Gasteiger partial charge in [0.25, 0.3) is 0 Å². The van der Waals surface area contributed by atoms with E-state index in [-0.39, 0.29) is 29.3 Å². The number of likely N-dealkylation sites (tertiary alicyclic amines) is 2. The molecule has 2 saturated heterocycles. The van der Waals surface area contributed by atoms with Crippen molar-refractivity contribution in [2.24, 2.45) is 0 Å². The van der Waals surface area contributed by atoms with E-state index in [1.54, 1.807) is 25.3 Å². The SMILES string of the molecule is COc1ccc2c(Cc3ccc(OCCN4CCCCC4)cc3)c(-c3cc(F)ccc3F)ccc2c1.Cl.Oc1ccc2c(Cc3ccc(OCCN4CCCCC4)cc3)c(-c3cc(F)ccc3F)ccc2c1. The van der Waals surface area contributed by atoms with Crippen molar-refractivity contribution in [1.29, 1.82) is 0 Å². The van der Waals surface area contributed by atoms with Gasteiger partial charge in [-0.25, -0.2) is 17.6 Å². The summed E-state index contributed by atoms with van der Waals surface area (Å²) in [6.07, 6.45) is 8.84. The summed E-state index contributed by atoms with van der Waals surface area (Å²) >= 11 is 0. The zero-order chi connectivity index (χ0) is 49.1. The van der Waals surface area contributed by atoms with Crippen molar-refractivity contribution in [2.45, 2.75) is 51.4 Å². The van der Waals surface area contributed by atoms with Crippen molar-refractivity contribution in [2.75, 3.05) is 59.6 Å². The van der Waals surface area contributed by atoms with E-state index in [4.69, 9.17) is 14.2 Å². The average molecular weight is 998 g/mol. The molecular weight excluding hydrogens is 936 g/mol. The number of rotatable bonds is 15. The molecule has 0 unspecified atom stereocenters. The molecule has 0 saturated carbocycles. The van der Waals surface area contributed by atoms with E-state index >= 15 is 0 Å². The number of piperidine rings is 2. The van der Waals surface area contributed by atoms with Gasteiger partial charge in [-0.15, -0.1) is 12.4 Å². The molecule has 2 aliphatic heterocycles. The first kappa shape index (κ1) is 51.8. The molecule has 374 valence electrons. The van der Waals surface area contributed by atoms with Crippen LogP contribution < -0.4 is 14.2 Å². The normalized spacial score (nSPS) is 14.1. The van der Waals surface area contributed by atoms with Crippen LogP contribution in [0.1, 0.15) is 60.8 Å². The molecule has 0 radical (unpaired) electrons. The highest BCUT2D eigenvalue weighted by Gasteiger charge is 2.18. The van der Waals surface area contributed by atoms with Gasteiger partial charge in [-0.2, -0.15) is 0 Å². The van der Waals surface area contributed by atoms with Crippen LogP contribution in [-0.2, 0) is 12.8 Å². The molecule has 8 aromatic carbocycles. The fourth-order valence-corrected chi connectivity index (χ4v) is 9.94. The maximum Gasteiger partial charge on any atom is 0.131 e. The molecule has 2 heterocycles. The number of hydrogen-bond donors (Lipinski definition) is 1. The average Bonchev–Trinajstić information content (AvgIpc) is 3.39. The van der Waals surface area contributed by atoms with Gasteiger partial charge in [0.05, 0.1) is 7.11 Å². The van der Waals surface area contributed by atoms with Crippen LogP contribution in [0, 0.1) is 23.3 Å². The third-order valence-corrected chi connectivity index (χ3v) is 13.7. The number of methoxy groups -OCH3 is 1. The number of ether oxygens (including phenoxy) is 3. The summed E-state index contributed by atoms with van der Waals surface area (Å²) in [5, 5.41) is 13.6. The van der Waals surface area contributed by atoms with Crippen molar-refractivity contribution >= 4 is 34.0 Å². The molecule has 6 nitrogen and oxygen atoms in total. The number of fused-ring (bicyclic) bond motifs is 2. The Balaban J connectivity index is 0.000000190. The molecule has 0 atom stereocenters. The van der Waals surface area contributed by atoms with Crippen molar-refractivity contribution in [3.05, 3.63) is 191 Å². The minimum absolute atomic E-state index is 0. The Hall–Kier alpha value is -6.59. The summed E-state index contributed by atoms with van der Waals surface area (Å²) in [6, 6.07) is 41.6. The number of hydrogen-bond acceptors (Lipinski definition) is 6. The Bertz CT molecular complexity index is 3070. The lowest BCUT2D eigenvalue weighted by Crippen LogP contribution is -2.33. The Morgan fingerprint density at radius 2 is 0.875 bits per heavy atom. The van der Waals surface area contributed by atoms with Gasteiger partial charge >= 0.3 is 0 Å². The van der Waals surface area contributed by atoms with Crippen LogP contribution in [0.3, 0.4) is 0 Å². The van der Waals surface area contributed by atoms with Gasteiger partial charge in [0.2, 0.25) is 0 Å². The summed E-state index contributed by atoms with van der Waals surface area (Å²) in [4.78, 5) is 4.91. The minimum Gasteiger partial charge on any atom is -0.508 e. The number of phenols is 1. The predicted molar refractivity (Wildman–Crippen MR) is 284 cm³/mol. The summed E-state index contributed by atoms with van der Waals surface area (Å²) < 4.78 is 74.9. The third kappa shape index (κ3) is 13.1. The highest BCUT2D eigenvalue weighted by atomic mass is 35.5. The Morgan fingerprint density at radius 1 is 0.444 bits per heavy atom. The second-order valence-corrected chi connectivity index (χ2v) is 18.6. The highest BCUT2D eigenvalue weighted by Crippen LogP contribution is 2.37. The number of nitrogens with zero attached hydrogens (tertiary/aromatic N) is 2. The molecule has 0 aromatic heterocycles. The molecule has 1 N–H and O–H groups in total. The third-order valence-electron chi connectivity index (χ3n) is 13.7. The molecule has 2 aliphatic rings. The smallest absolute Gasteiger partial charge is 0.131 e. The predicted octanol–water partition coefficient (Wildman–Crippen LogP) is 14.6. The summed E-state index contributed by atoms with van der Waals surface area (Å²) in [7, 11) is 1.63. The molecule has 0 amide bonds. The van der Waals surface area contributed by atoms with E-state index in [2.05, 4.69) is 9.80 Å². The molecule has 11 heteroatoms. The largest absolute Gasteiger partial charge is 0.508 e. The van der Waals surface area contributed by atoms with E-state index in [1.807, 2.05) is 91.0 Å². The Morgan fingerprint density at radius 3 is 1.33 bits per heavy atom. The number of benzene rings is 8. The van der Waals surface area contributed by atoms with E-state index in [0.29, 0.717) is 37.2 Å². The van der Waals surface area contributed by atoms with Crippen LogP contribution in [0.15, 0.2) is 146 Å². The van der Waals surface area contributed by atoms with Gasteiger partial charge < -0.3 is 19.3 Å². The second kappa shape index (κ2) is 24.7. The summed E-state index contributed by atoms with van der Waals surface area (Å²) in [5.74, 6) is 0.733. The number of aromatic hydroxyl groups is 1. The number of halogens is 5. The second-order valence-electron chi connectivity index (χ2n) is 18.6. The fourth-order valence-electron chi connectivity index (χ4n) is 9.94. The Labute approximate surface area is 426 Å². The lowest BCUT2D eigenvalue weighted by molar-refractivity contribution is 0.183. The van der Waals surface area contributed by atoms with Gasteiger partial charge in [0.15, 0.2) is 0 Å². The molecular formula is C61H61ClF4N2O4. The zero-order valence-corrected chi connectivity index (χ0v) is 41.5. The van der Waals surface area contributed by atoms with Crippen molar-refractivity contribution < 1.29 is 36.9 Å². The summed E-state index contributed by atoms with van der Waals surface area (Å²) in [6.45, 7) is 7.85. The first-order valence-corrected chi connectivity index (χ1v) is 24.8. The topological polar surface area (TPSA) is 54.4 Å². The van der Waals surface area contributed by atoms with Crippen LogP contribution in [0.25, 0.3) is 43.8 Å². The first-order valence-electron chi connectivity index (χ1n) is 24.8. The first-order chi connectivity index (χ1) is 34.7. The monoisotopic (exact) mass is 996 g/mol. The molecule has 8 aromatic rings. The van der Waals surface area contributed by atoms with Gasteiger partial charge in [0, 0.05) is 24.2 Å². The number of phenolic OH excluding ortho intramolecular Hbond substituents is 1. The highest BCUT2D eigenvalue weighted by molar-refractivity contribution is 5.94. The summed E-state index contributed by atoms with van der Waals surface area (Å²) in [5.41, 5.74) is 5.75.